The number of rotatable bonds is 9. The van der Waals surface area contributed by atoms with Crippen molar-refractivity contribution < 1.29 is 23.9 Å². The van der Waals surface area contributed by atoms with Crippen molar-refractivity contribution in [3.05, 3.63) is 36.0 Å². The van der Waals surface area contributed by atoms with E-state index < -0.39 is 12.0 Å². The number of hydrogen-bond donors (Lipinski definition) is 2. The van der Waals surface area contributed by atoms with E-state index in [0.717, 1.165) is 16.5 Å². The summed E-state index contributed by atoms with van der Waals surface area (Å²) in [6.07, 6.45) is 2.71. The van der Waals surface area contributed by atoms with Gasteiger partial charge < -0.3 is 19.8 Å². The Morgan fingerprint density at radius 2 is 2.12 bits per heavy atom. The molecule has 7 nitrogen and oxygen atoms in total. The Morgan fingerprint density at radius 1 is 1.33 bits per heavy atom. The molecule has 2 aromatic rings. The molecule has 0 bridgehead atoms. The first kappa shape index (κ1) is 17.5. The molecule has 0 saturated heterocycles. The van der Waals surface area contributed by atoms with E-state index in [-0.39, 0.29) is 18.9 Å². The number of ether oxygens (including phenoxy) is 2. The highest BCUT2D eigenvalue weighted by molar-refractivity contribution is 5.87. The second-order valence-corrected chi connectivity index (χ2v) is 5.28. The number of para-hydroxylation sites is 1. The molecule has 1 atom stereocenters. The van der Waals surface area contributed by atoms with Crippen molar-refractivity contribution in [3.8, 4) is 0 Å². The Morgan fingerprint density at radius 3 is 2.88 bits per heavy atom. The summed E-state index contributed by atoms with van der Waals surface area (Å²) in [7, 11) is 1.29. The van der Waals surface area contributed by atoms with Gasteiger partial charge in [-0.15, -0.1) is 0 Å². The third kappa shape index (κ3) is 4.58. The van der Waals surface area contributed by atoms with Gasteiger partial charge in [-0.25, -0.2) is 4.79 Å². The number of benzene rings is 1. The lowest BCUT2D eigenvalue weighted by molar-refractivity contribution is -0.145. The number of esters is 1. The summed E-state index contributed by atoms with van der Waals surface area (Å²) in [6, 6.07) is 6.96. The lowest BCUT2D eigenvalue weighted by atomic mass is 10.0. The first-order chi connectivity index (χ1) is 11.7. The summed E-state index contributed by atoms with van der Waals surface area (Å²) in [6.45, 7) is 0.508. The zero-order valence-electron chi connectivity index (χ0n) is 13.4. The van der Waals surface area contributed by atoms with E-state index in [1.807, 2.05) is 30.5 Å². The van der Waals surface area contributed by atoms with Gasteiger partial charge in [0, 0.05) is 29.9 Å². The molecule has 0 saturated carbocycles. The fourth-order valence-electron chi connectivity index (χ4n) is 2.49. The molecule has 128 valence electrons. The van der Waals surface area contributed by atoms with E-state index >= 15 is 0 Å². The van der Waals surface area contributed by atoms with E-state index in [2.05, 4.69) is 15.0 Å². The molecule has 1 aromatic heterocycles. The van der Waals surface area contributed by atoms with Crippen LogP contribution in [-0.2, 0) is 30.3 Å². The predicted octanol–water partition coefficient (Wildman–Crippen LogP) is 1.32. The Kier molecular flexibility index (Phi) is 6.36. The van der Waals surface area contributed by atoms with Crippen molar-refractivity contribution >= 4 is 29.3 Å². The van der Waals surface area contributed by atoms with Gasteiger partial charge in [0.15, 0.2) is 0 Å². The van der Waals surface area contributed by atoms with Gasteiger partial charge in [0.2, 0.25) is 5.91 Å². The third-order valence-electron chi connectivity index (χ3n) is 3.65. The van der Waals surface area contributed by atoms with Crippen LogP contribution in [-0.4, -0.2) is 43.1 Å². The average molecular weight is 332 g/mol. The van der Waals surface area contributed by atoms with Gasteiger partial charge in [0.25, 0.3) is 6.47 Å². The van der Waals surface area contributed by atoms with Crippen LogP contribution in [0.25, 0.3) is 10.9 Å². The molecule has 0 aliphatic heterocycles. The van der Waals surface area contributed by atoms with Gasteiger partial charge in [-0.3, -0.25) is 9.59 Å². The normalized spacial score (nSPS) is 11.7. The second-order valence-electron chi connectivity index (χ2n) is 5.28. The fourth-order valence-corrected chi connectivity index (χ4v) is 2.49. The summed E-state index contributed by atoms with van der Waals surface area (Å²) >= 11 is 0. The minimum absolute atomic E-state index is 0.162. The smallest absolute Gasteiger partial charge is 0.328 e. The van der Waals surface area contributed by atoms with Crippen LogP contribution in [0.1, 0.15) is 18.4 Å². The second kappa shape index (κ2) is 8.71. The molecule has 0 radical (unpaired) electrons. The van der Waals surface area contributed by atoms with Crippen LogP contribution in [0.15, 0.2) is 30.5 Å². The molecule has 2 N–H and O–H groups in total. The standard InChI is InChI=1S/C17H20N2O5/c1-23-17(22)15(19-16(21)7-4-8-24-11-20)9-12-10-18-14-6-3-2-5-13(12)14/h2-3,5-6,10-11,15,18H,4,7-9H2,1H3,(H,19,21). The summed E-state index contributed by atoms with van der Waals surface area (Å²) in [5, 5.41) is 3.68. The van der Waals surface area contributed by atoms with Crippen LogP contribution in [0.5, 0.6) is 0 Å². The maximum absolute atomic E-state index is 12.0. The molecular formula is C17H20N2O5. The molecule has 7 heteroatoms. The van der Waals surface area contributed by atoms with E-state index in [9.17, 15) is 14.4 Å². The average Bonchev–Trinajstić information content (AvgIpc) is 3.00. The maximum atomic E-state index is 12.0. The SMILES string of the molecule is COC(=O)C(Cc1c[nH]c2ccccc12)NC(=O)CCCOC=O. The highest BCUT2D eigenvalue weighted by Crippen LogP contribution is 2.19. The highest BCUT2D eigenvalue weighted by Gasteiger charge is 2.23. The number of fused-ring (bicyclic) bond motifs is 1. The molecule has 1 aromatic carbocycles. The summed E-state index contributed by atoms with van der Waals surface area (Å²) in [5.41, 5.74) is 1.89. The minimum Gasteiger partial charge on any atom is -0.468 e. The van der Waals surface area contributed by atoms with Crippen LogP contribution in [0.2, 0.25) is 0 Å². The number of carbonyl (C=O) groups excluding carboxylic acids is 3. The van der Waals surface area contributed by atoms with Gasteiger partial charge in [0.1, 0.15) is 6.04 Å². The van der Waals surface area contributed by atoms with E-state index in [0.29, 0.717) is 19.3 Å². The Hall–Kier alpha value is -2.83. The van der Waals surface area contributed by atoms with Crippen molar-refractivity contribution in [3.63, 3.8) is 0 Å². The van der Waals surface area contributed by atoms with Crippen molar-refractivity contribution in [1.82, 2.24) is 10.3 Å². The summed E-state index contributed by atoms with van der Waals surface area (Å²) < 4.78 is 9.32. The zero-order valence-corrected chi connectivity index (χ0v) is 13.4. The van der Waals surface area contributed by atoms with Crippen molar-refractivity contribution in [2.45, 2.75) is 25.3 Å². The van der Waals surface area contributed by atoms with Crippen LogP contribution in [0.3, 0.4) is 0 Å². The van der Waals surface area contributed by atoms with Gasteiger partial charge in [0.05, 0.1) is 13.7 Å². The number of nitrogens with one attached hydrogen (secondary N) is 2. The molecule has 1 unspecified atom stereocenters. The number of methoxy groups -OCH3 is 1. The largest absolute Gasteiger partial charge is 0.468 e. The van der Waals surface area contributed by atoms with Crippen LogP contribution < -0.4 is 5.32 Å². The van der Waals surface area contributed by atoms with E-state index in [1.54, 1.807) is 0 Å². The Balaban J connectivity index is 2.02. The van der Waals surface area contributed by atoms with Gasteiger partial charge in [-0.1, -0.05) is 18.2 Å². The molecule has 24 heavy (non-hydrogen) atoms. The van der Waals surface area contributed by atoms with Gasteiger partial charge in [-0.2, -0.15) is 0 Å². The molecule has 1 heterocycles. The number of aromatic nitrogens is 1. The van der Waals surface area contributed by atoms with Crippen molar-refractivity contribution in [2.24, 2.45) is 0 Å². The molecule has 1 amide bonds. The molecule has 0 aliphatic rings. The number of H-pyrrole nitrogens is 1. The highest BCUT2D eigenvalue weighted by atomic mass is 16.5. The molecule has 2 rings (SSSR count). The maximum Gasteiger partial charge on any atom is 0.328 e. The summed E-state index contributed by atoms with van der Waals surface area (Å²) in [4.78, 5) is 37.1. The molecular weight excluding hydrogens is 312 g/mol. The number of amides is 1. The van der Waals surface area contributed by atoms with Crippen molar-refractivity contribution in [1.29, 1.82) is 0 Å². The first-order valence-corrected chi connectivity index (χ1v) is 7.63. The van der Waals surface area contributed by atoms with Crippen LogP contribution >= 0.6 is 0 Å². The molecule has 0 fully saturated rings. The molecule has 0 aliphatic carbocycles. The van der Waals surface area contributed by atoms with Crippen LogP contribution in [0, 0.1) is 0 Å². The van der Waals surface area contributed by atoms with Crippen molar-refractivity contribution in [2.75, 3.05) is 13.7 Å². The van der Waals surface area contributed by atoms with E-state index in [4.69, 9.17) is 4.74 Å². The minimum atomic E-state index is -0.770. The topological polar surface area (TPSA) is 97.5 Å². The Bertz CT molecular complexity index is 710. The number of hydrogen-bond acceptors (Lipinski definition) is 5. The third-order valence-corrected chi connectivity index (χ3v) is 3.65. The fraction of sp³-hybridized carbons (Fsp3) is 0.353. The van der Waals surface area contributed by atoms with Gasteiger partial charge >= 0.3 is 5.97 Å². The number of aromatic amines is 1. The lowest BCUT2D eigenvalue weighted by Crippen LogP contribution is -2.43. The number of carbonyl (C=O) groups is 3. The monoisotopic (exact) mass is 332 g/mol. The van der Waals surface area contributed by atoms with Crippen LogP contribution in [0.4, 0.5) is 0 Å². The first-order valence-electron chi connectivity index (χ1n) is 7.63. The van der Waals surface area contributed by atoms with E-state index in [1.165, 1.54) is 7.11 Å². The lowest BCUT2D eigenvalue weighted by Gasteiger charge is -2.16. The quantitative estimate of drug-likeness (QED) is 0.410. The molecule has 0 spiro atoms. The zero-order chi connectivity index (χ0) is 17.4. The van der Waals surface area contributed by atoms with Gasteiger partial charge in [-0.05, 0) is 18.1 Å². The summed E-state index contributed by atoms with van der Waals surface area (Å²) in [5.74, 6) is -0.794. The Labute approximate surface area is 139 Å². The predicted molar refractivity (Wildman–Crippen MR) is 87.2 cm³/mol.